The second-order valence-electron chi connectivity index (χ2n) is 9.61. The van der Waals surface area contributed by atoms with Gasteiger partial charge in [0.25, 0.3) is 5.56 Å². The minimum atomic E-state index is -0.186. The molecule has 0 bridgehead atoms. The van der Waals surface area contributed by atoms with Crippen LogP contribution in [0.5, 0.6) is 0 Å². The maximum absolute atomic E-state index is 13.2. The summed E-state index contributed by atoms with van der Waals surface area (Å²) in [5.41, 5.74) is 3.67. The molecule has 0 radical (unpaired) electrons. The number of tetrazole rings is 1. The SMILES string of the molecule is Cc1cc(C)c2cc(CN(Cc3ccco3)C(c3nnnn3Cc3ccco3)C(C)C)c(=O)[nH]c2c1. The molecule has 1 aromatic carbocycles. The van der Waals surface area contributed by atoms with Crippen molar-refractivity contribution in [1.82, 2.24) is 30.1 Å². The molecule has 9 nitrogen and oxygen atoms in total. The fourth-order valence-electron chi connectivity index (χ4n) is 4.88. The van der Waals surface area contributed by atoms with E-state index in [1.165, 1.54) is 0 Å². The van der Waals surface area contributed by atoms with Crippen molar-refractivity contribution >= 4 is 10.9 Å². The molecular weight excluding hydrogens is 456 g/mol. The summed E-state index contributed by atoms with van der Waals surface area (Å²) in [5.74, 6) is 2.41. The van der Waals surface area contributed by atoms with Crippen LogP contribution in [0.3, 0.4) is 0 Å². The second kappa shape index (κ2) is 9.94. The highest BCUT2D eigenvalue weighted by atomic mass is 16.3. The summed E-state index contributed by atoms with van der Waals surface area (Å²) in [4.78, 5) is 18.5. The third kappa shape index (κ3) is 4.87. The van der Waals surface area contributed by atoms with Crippen LogP contribution in [0.2, 0.25) is 0 Å². The molecule has 0 spiro atoms. The van der Waals surface area contributed by atoms with Gasteiger partial charge in [-0.2, -0.15) is 0 Å². The van der Waals surface area contributed by atoms with Gasteiger partial charge in [-0.3, -0.25) is 9.69 Å². The van der Waals surface area contributed by atoms with Crippen LogP contribution in [0.1, 0.15) is 53.9 Å². The molecule has 9 heteroatoms. The number of aromatic amines is 1. The van der Waals surface area contributed by atoms with Gasteiger partial charge in [0, 0.05) is 23.0 Å². The molecule has 5 rings (SSSR count). The van der Waals surface area contributed by atoms with Gasteiger partial charge >= 0.3 is 0 Å². The Morgan fingerprint density at radius 2 is 1.78 bits per heavy atom. The Hall–Kier alpha value is -3.98. The molecule has 1 N–H and O–H groups in total. The number of furan rings is 2. The average Bonchev–Trinajstić information content (AvgIpc) is 3.59. The minimum absolute atomic E-state index is 0.102. The lowest BCUT2D eigenvalue weighted by Crippen LogP contribution is -2.35. The summed E-state index contributed by atoms with van der Waals surface area (Å²) in [5, 5.41) is 13.7. The summed E-state index contributed by atoms with van der Waals surface area (Å²) in [6, 6.07) is 13.5. The Kier molecular flexibility index (Phi) is 6.56. The molecule has 0 saturated carbocycles. The van der Waals surface area contributed by atoms with E-state index in [2.05, 4.69) is 52.2 Å². The number of nitrogens with zero attached hydrogens (tertiary/aromatic N) is 5. The Morgan fingerprint density at radius 1 is 1.03 bits per heavy atom. The molecule has 4 aromatic heterocycles. The molecule has 0 saturated heterocycles. The molecule has 36 heavy (non-hydrogen) atoms. The van der Waals surface area contributed by atoms with Gasteiger partial charge in [-0.25, -0.2) is 4.68 Å². The van der Waals surface area contributed by atoms with Crippen molar-refractivity contribution in [3.8, 4) is 0 Å². The molecule has 5 aromatic rings. The number of aryl methyl sites for hydroxylation is 2. The zero-order valence-electron chi connectivity index (χ0n) is 20.9. The van der Waals surface area contributed by atoms with Crippen LogP contribution in [0.25, 0.3) is 10.9 Å². The lowest BCUT2D eigenvalue weighted by Gasteiger charge is -2.32. The van der Waals surface area contributed by atoms with E-state index in [0.29, 0.717) is 31.0 Å². The normalized spacial score (nSPS) is 12.7. The van der Waals surface area contributed by atoms with E-state index in [9.17, 15) is 4.79 Å². The zero-order chi connectivity index (χ0) is 25.2. The van der Waals surface area contributed by atoms with E-state index >= 15 is 0 Å². The number of H-pyrrole nitrogens is 1. The number of rotatable bonds is 9. The highest BCUT2D eigenvalue weighted by Crippen LogP contribution is 2.31. The quantitative estimate of drug-likeness (QED) is 0.320. The Labute approximate surface area is 208 Å². The predicted octanol–water partition coefficient (Wildman–Crippen LogP) is 4.77. The van der Waals surface area contributed by atoms with E-state index in [1.54, 1.807) is 17.2 Å². The highest BCUT2D eigenvalue weighted by Gasteiger charge is 2.31. The summed E-state index contributed by atoms with van der Waals surface area (Å²) in [7, 11) is 0. The largest absolute Gasteiger partial charge is 0.468 e. The van der Waals surface area contributed by atoms with E-state index in [4.69, 9.17) is 8.83 Å². The average molecular weight is 487 g/mol. The number of nitrogens with one attached hydrogen (secondary N) is 1. The summed E-state index contributed by atoms with van der Waals surface area (Å²) in [6.07, 6.45) is 3.30. The van der Waals surface area contributed by atoms with Crippen LogP contribution < -0.4 is 5.56 Å². The molecule has 1 atom stereocenters. The Bertz CT molecular complexity index is 1500. The van der Waals surface area contributed by atoms with E-state index in [0.717, 1.165) is 33.6 Å². The molecule has 186 valence electrons. The number of hydrogen-bond donors (Lipinski definition) is 1. The van der Waals surface area contributed by atoms with E-state index < -0.39 is 0 Å². The van der Waals surface area contributed by atoms with Crippen LogP contribution in [-0.2, 0) is 19.6 Å². The van der Waals surface area contributed by atoms with Crippen molar-refractivity contribution in [3.05, 3.63) is 99.4 Å². The molecule has 0 aliphatic rings. The molecule has 1 unspecified atom stereocenters. The van der Waals surface area contributed by atoms with Crippen molar-refractivity contribution in [2.75, 3.05) is 0 Å². The van der Waals surface area contributed by atoms with Crippen LogP contribution in [0, 0.1) is 19.8 Å². The molecule has 0 aliphatic carbocycles. The van der Waals surface area contributed by atoms with Crippen molar-refractivity contribution in [2.24, 2.45) is 5.92 Å². The standard InChI is InChI=1S/C27H30N6O3/c1-17(2)25(26-29-30-31-33(26)16-22-8-6-10-36-22)32(15-21-7-5-9-35-21)14-20-13-23-19(4)11-18(3)12-24(23)28-27(20)34/h5-13,17,25H,14-16H2,1-4H3,(H,28,34). The monoisotopic (exact) mass is 486 g/mol. The highest BCUT2D eigenvalue weighted by molar-refractivity contribution is 5.83. The van der Waals surface area contributed by atoms with E-state index in [-0.39, 0.29) is 17.5 Å². The maximum atomic E-state index is 13.2. The van der Waals surface area contributed by atoms with Crippen molar-refractivity contribution in [3.63, 3.8) is 0 Å². The molecule has 0 aliphatic heterocycles. The van der Waals surface area contributed by atoms with Crippen LogP contribution >= 0.6 is 0 Å². The fraction of sp³-hybridized carbons (Fsp3) is 0.333. The van der Waals surface area contributed by atoms with Crippen molar-refractivity contribution in [1.29, 1.82) is 0 Å². The summed E-state index contributed by atoms with van der Waals surface area (Å²) < 4.78 is 13.0. The first kappa shape index (κ1) is 23.7. The minimum Gasteiger partial charge on any atom is -0.468 e. The smallest absolute Gasteiger partial charge is 0.252 e. The fourth-order valence-corrected chi connectivity index (χ4v) is 4.88. The third-order valence-corrected chi connectivity index (χ3v) is 6.44. The van der Waals surface area contributed by atoms with E-state index in [1.807, 2.05) is 43.3 Å². The number of aromatic nitrogens is 5. The van der Waals surface area contributed by atoms with Gasteiger partial charge in [0.05, 0.1) is 25.1 Å². The van der Waals surface area contributed by atoms with Crippen molar-refractivity contribution in [2.45, 2.75) is 53.4 Å². The molecular formula is C27H30N6O3. The topological polar surface area (TPSA) is 106 Å². The first-order valence-corrected chi connectivity index (χ1v) is 12.1. The second-order valence-corrected chi connectivity index (χ2v) is 9.61. The molecule has 0 fully saturated rings. The van der Waals surface area contributed by atoms with Gasteiger partial charge in [0.2, 0.25) is 0 Å². The third-order valence-electron chi connectivity index (χ3n) is 6.44. The van der Waals surface area contributed by atoms with Crippen LogP contribution in [0.4, 0.5) is 0 Å². The Morgan fingerprint density at radius 3 is 2.47 bits per heavy atom. The maximum Gasteiger partial charge on any atom is 0.252 e. The zero-order valence-corrected chi connectivity index (χ0v) is 20.9. The van der Waals surface area contributed by atoms with Gasteiger partial charge in [-0.1, -0.05) is 19.9 Å². The van der Waals surface area contributed by atoms with Crippen molar-refractivity contribution < 1.29 is 8.83 Å². The van der Waals surface area contributed by atoms with Gasteiger partial charge in [-0.15, -0.1) is 5.10 Å². The van der Waals surface area contributed by atoms with Crippen LogP contribution in [0.15, 0.2) is 68.6 Å². The van der Waals surface area contributed by atoms with Gasteiger partial charge in [0.15, 0.2) is 5.82 Å². The number of benzene rings is 1. The number of pyridine rings is 1. The predicted molar refractivity (Wildman–Crippen MR) is 135 cm³/mol. The summed E-state index contributed by atoms with van der Waals surface area (Å²) in [6.45, 7) is 9.67. The van der Waals surface area contributed by atoms with Gasteiger partial charge in [0.1, 0.15) is 18.1 Å². The lowest BCUT2D eigenvalue weighted by molar-refractivity contribution is 0.116. The molecule has 0 amide bonds. The lowest BCUT2D eigenvalue weighted by atomic mass is 9.99. The first-order chi connectivity index (χ1) is 17.4. The first-order valence-electron chi connectivity index (χ1n) is 12.1. The van der Waals surface area contributed by atoms with Gasteiger partial charge < -0.3 is 13.8 Å². The van der Waals surface area contributed by atoms with Gasteiger partial charge in [-0.05, 0) is 77.7 Å². The Balaban J connectivity index is 1.55. The number of fused-ring (bicyclic) bond motifs is 1. The van der Waals surface area contributed by atoms with Crippen LogP contribution in [-0.4, -0.2) is 30.1 Å². The number of hydrogen-bond acceptors (Lipinski definition) is 7. The molecule has 4 heterocycles. The summed E-state index contributed by atoms with van der Waals surface area (Å²) >= 11 is 0.